The first-order valence-corrected chi connectivity index (χ1v) is 8.81. The van der Waals surface area contributed by atoms with E-state index < -0.39 is 0 Å². The third-order valence-corrected chi connectivity index (χ3v) is 3.94. The van der Waals surface area contributed by atoms with E-state index in [0.717, 1.165) is 6.54 Å². The van der Waals surface area contributed by atoms with Gasteiger partial charge in [-0.3, -0.25) is 0 Å². The number of hydrogen-bond acceptors (Lipinski definition) is 0. The zero-order valence-corrected chi connectivity index (χ0v) is 14.1. The molecule has 0 aromatic carbocycles. The molecule has 19 heavy (non-hydrogen) atoms. The molecule has 0 fully saturated rings. The maximum atomic E-state index is 4.88. The molecule has 0 unspecified atom stereocenters. The highest BCUT2D eigenvalue weighted by Crippen LogP contribution is 2.15. The molecule has 1 radical (unpaired) electrons. The summed E-state index contributed by atoms with van der Waals surface area (Å²) in [7, 11) is 0. The van der Waals surface area contributed by atoms with Crippen molar-refractivity contribution in [2.75, 3.05) is 6.54 Å². The van der Waals surface area contributed by atoms with Crippen molar-refractivity contribution < 1.29 is 0 Å². The van der Waals surface area contributed by atoms with Crippen LogP contribution in [0.1, 0.15) is 105 Å². The lowest BCUT2D eigenvalue weighted by molar-refractivity contribution is 0.336. The van der Waals surface area contributed by atoms with Crippen LogP contribution in [0.3, 0.4) is 0 Å². The Morgan fingerprint density at radius 1 is 0.632 bits per heavy atom. The van der Waals surface area contributed by atoms with Gasteiger partial charge in [0.2, 0.25) is 0 Å². The summed E-state index contributed by atoms with van der Waals surface area (Å²) in [6, 6.07) is 0. The lowest BCUT2D eigenvalue weighted by atomic mass is 9.96. The smallest absolute Gasteiger partial charge is 0.0300 e. The van der Waals surface area contributed by atoms with Gasteiger partial charge in [0.25, 0.3) is 0 Å². The van der Waals surface area contributed by atoms with Crippen LogP contribution in [0.2, 0.25) is 0 Å². The molecule has 1 heteroatoms. The van der Waals surface area contributed by atoms with Crippen LogP contribution in [-0.4, -0.2) is 12.1 Å². The van der Waals surface area contributed by atoms with Gasteiger partial charge in [-0.2, -0.15) is 0 Å². The zero-order chi connectivity index (χ0) is 14.4. The van der Waals surface area contributed by atoms with Crippen LogP contribution in [0, 0.1) is 0 Å². The number of hydrogen-bond donors (Lipinski definition) is 0. The number of nitrogens with zero attached hydrogens (tertiary/aromatic N) is 1. The first kappa shape index (κ1) is 19.0. The fourth-order valence-corrected chi connectivity index (χ4v) is 2.51. The van der Waals surface area contributed by atoms with Crippen molar-refractivity contribution >= 4 is 0 Å². The first-order valence-electron chi connectivity index (χ1n) is 8.81. The van der Waals surface area contributed by atoms with E-state index in [0.29, 0.717) is 0 Å². The highest BCUT2D eigenvalue weighted by molar-refractivity contribution is 4.76. The third-order valence-electron chi connectivity index (χ3n) is 3.94. The number of rotatable bonds is 14. The minimum atomic E-state index is 0.219. The average molecular weight is 269 g/mol. The second-order valence-corrected chi connectivity index (χ2v) is 6.63. The lowest BCUT2D eigenvalue weighted by Gasteiger charge is -2.24. The van der Waals surface area contributed by atoms with E-state index in [9.17, 15) is 0 Å². The molecule has 0 atom stereocenters. The van der Waals surface area contributed by atoms with Crippen molar-refractivity contribution in [3.63, 3.8) is 0 Å². The molecule has 0 spiro atoms. The summed E-state index contributed by atoms with van der Waals surface area (Å²) >= 11 is 0. The van der Waals surface area contributed by atoms with Crippen LogP contribution < -0.4 is 5.32 Å². The summed E-state index contributed by atoms with van der Waals surface area (Å²) in [5.41, 5.74) is 0.219. The van der Waals surface area contributed by atoms with Crippen molar-refractivity contribution in [2.45, 2.75) is 110 Å². The second kappa shape index (κ2) is 13.0. The highest BCUT2D eigenvalue weighted by Gasteiger charge is 2.16. The van der Waals surface area contributed by atoms with E-state index in [-0.39, 0.29) is 5.54 Å². The van der Waals surface area contributed by atoms with E-state index in [1.807, 2.05) is 0 Å². The van der Waals surface area contributed by atoms with Gasteiger partial charge in [-0.25, -0.2) is 5.32 Å². The zero-order valence-electron chi connectivity index (χ0n) is 14.1. The predicted octanol–water partition coefficient (Wildman–Crippen LogP) is 6.09. The van der Waals surface area contributed by atoms with Crippen LogP contribution in [0.5, 0.6) is 0 Å². The molecule has 0 amide bonds. The van der Waals surface area contributed by atoms with Gasteiger partial charge < -0.3 is 0 Å². The van der Waals surface area contributed by atoms with Gasteiger partial charge in [0.05, 0.1) is 0 Å². The summed E-state index contributed by atoms with van der Waals surface area (Å²) < 4.78 is 0. The van der Waals surface area contributed by atoms with Gasteiger partial charge in [0.1, 0.15) is 0 Å². The Hall–Kier alpha value is -0.0400. The topological polar surface area (TPSA) is 14.1 Å². The van der Waals surface area contributed by atoms with Crippen molar-refractivity contribution in [3.8, 4) is 0 Å². The van der Waals surface area contributed by atoms with Crippen molar-refractivity contribution in [3.05, 3.63) is 0 Å². The SMILES string of the molecule is CCCCCCCCCC[N]C(C)(C)CCCCC. The van der Waals surface area contributed by atoms with Crippen molar-refractivity contribution in [1.82, 2.24) is 5.32 Å². The van der Waals surface area contributed by atoms with Gasteiger partial charge in [0.15, 0.2) is 0 Å². The van der Waals surface area contributed by atoms with E-state index in [1.54, 1.807) is 0 Å². The van der Waals surface area contributed by atoms with Gasteiger partial charge in [-0.05, 0) is 26.7 Å². The first-order chi connectivity index (χ1) is 9.12. The Bertz CT molecular complexity index is 175. The van der Waals surface area contributed by atoms with E-state index in [2.05, 4.69) is 27.7 Å². The van der Waals surface area contributed by atoms with Gasteiger partial charge in [0, 0.05) is 12.1 Å². The molecule has 0 N–H and O–H groups in total. The summed E-state index contributed by atoms with van der Waals surface area (Å²) in [5, 5.41) is 4.88. The molecular formula is C18H38N. The molecule has 0 saturated carbocycles. The minimum absolute atomic E-state index is 0.219. The van der Waals surface area contributed by atoms with Crippen LogP contribution in [0.15, 0.2) is 0 Å². The molecule has 0 saturated heterocycles. The molecule has 0 aliphatic rings. The van der Waals surface area contributed by atoms with Crippen LogP contribution in [0.4, 0.5) is 0 Å². The summed E-state index contributed by atoms with van der Waals surface area (Å²) in [5.74, 6) is 0. The molecule has 0 aromatic rings. The van der Waals surface area contributed by atoms with Gasteiger partial charge in [-0.15, -0.1) is 0 Å². The molecule has 1 nitrogen and oxygen atoms in total. The Morgan fingerprint density at radius 3 is 1.68 bits per heavy atom. The molecule has 0 bridgehead atoms. The monoisotopic (exact) mass is 268 g/mol. The molecular weight excluding hydrogens is 230 g/mol. The van der Waals surface area contributed by atoms with Crippen molar-refractivity contribution in [1.29, 1.82) is 0 Å². The van der Waals surface area contributed by atoms with E-state index in [4.69, 9.17) is 5.32 Å². The number of unbranched alkanes of at least 4 members (excludes halogenated alkanes) is 9. The fraction of sp³-hybridized carbons (Fsp3) is 1.00. The highest BCUT2D eigenvalue weighted by atomic mass is 14.9. The maximum Gasteiger partial charge on any atom is 0.0300 e. The quantitative estimate of drug-likeness (QED) is 0.338. The molecule has 0 heterocycles. The summed E-state index contributed by atoms with van der Waals surface area (Å²) in [4.78, 5) is 0. The maximum absolute atomic E-state index is 4.88. The largest absolute Gasteiger partial charge is 0.236 e. The van der Waals surface area contributed by atoms with E-state index >= 15 is 0 Å². The summed E-state index contributed by atoms with van der Waals surface area (Å²) in [6.07, 6.45) is 16.4. The average Bonchev–Trinajstić information content (AvgIpc) is 2.37. The Balaban J connectivity index is 3.27. The Morgan fingerprint density at radius 2 is 1.11 bits per heavy atom. The molecule has 0 aliphatic heterocycles. The van der Waals surface area contributed by atoms with Crippen molar-refractivity contribution in [2.24, 2.45) is 0 Å². The predicted molar refractivity (Wildman–Crippen MR) is 87.8 cm³/mol. The normalized spacial score (nSPS) is 12.0. The van der Waals surface area contributed by atoms with Gasteiger partial charge in [-0.1, -0.05) is 78.1 Å². The molecule has 0 aliphatic carbocycles. The fourth-order valence-electron chi connectivity index (χ4n) is 2.51. The second-order valence-electron chi connectivity index (χ2n) is 6.63. The summed E-state index contributed by atoms with van der Waals surface area (Å²) in [6.45, 7) is 10.2. The lowest BCUT2D eigenvalue weighted by Crippen LogP contribution is -2.33. The van der Waals surface area contributed by atoms with Gasteiger partial charge >= 0.3 is 0 Å². The molecule has 0 aromatic heterocycles. The molecule has 0 rings (SSSR count). The van der Waals surface area contributed by atoms with Crippen LogP contribution in [0.25, 0.3) is 0 Å². The Kier molecular flexibility index (Phi) is 12.9. The Labute approximate surface area is 122 Å². The third kappa shape index (κ3) is 14.2. The molecule has 115 valence electrons. The van der Waals surface area contributed by atoms with Crippen LogP contribution >= 0.6 is 0 Å². The standard InChI is InChI=1S/C18H38N/c1-5-7-9-10-11-12-13-15-17-19-18(3,4)16-14-8-6-2/h5-17H2,1-4H3. The van der Waals surface area contributed by atoms with Crippen LogP contribution in [-0.2, 0) is 0 Å². The minimum Gasteiger partial charge on any atom is -0.236 e. The van der Waals surface area contributed by atoms with E-state index in [1.165, 1.54) is 77.0 Å².